The third kappa shape index (κ3) is 2.79. The summed E-state index contributed by atoms with van der Waals surface area (Å²) >= 11 is 0. The summed E-state index contributed by atoms with van der Waals surface area (Å²) in [6.07, 6.45) is 1.22. The van der Waals surface area contributed by atoms with Crippen molar-refractivity contribution in [2.75, 3.05) is 6.61 Å². The van der Waals surface area contributed by atoms with E-state index in [2.05, 4.69) is 9.97 Å². The summed E-state index contributed by atoms with van der Waals surface area (Å²) in [5.74, 6) is -1.06. The number of hydrogen-bond acceptors (Lipinski definition) is 4. The van der Waals surface area contributed by atoms with Crippen molar-refractivity contribution in [1.82, 2.24) is 9.97 Å². The van der Waals surface area contributed by atoms with Gasteiger partial charge in [0, 0.05) is 6.61 Å². The molecule has 70 valence electrons. The van der Waals surface area contributed by atoms with E-state index in [0.717, 1.165) is 0 Å². The molecule has 0 aliphatic heterocycles. The second-order valence-corrected chi connectivity index (χ2v) is 2.34. The van der Waals surface area contributed by atoms with Gasteiger partial charge in [-0.25, -0.2) is 14.8 Å². The van der Waals surface area contributed by atoms with E-state index in [-0.39, 0.29) is 5.69 Å². The van der Waals surface area contributed by atoms with Crippen LogP contribution in [0.25, 0.3) is 0 Å². The van der Waals surface area contributed by atoms with E-state index in [1.165, 1.54) is 12.4 Å². The Bertz CT molecular complexity index is 301. The van der Waals surface area contributed by atoms with Gasteiger partial charge in [-0.3, -0.25) is 0 Å². The average Bonchev–Trinajstić information content (AvgIpc) is 2.15. The lowest BCUT2D eigenvalue weighted by atomic mass is 10.3. The molecule has 0 aliphatic carbocycles. The van der Waals surface area contributed by atoms with Crippen molar-refractivity contribution < 1.29 is 14.6 Å². The Morgan fingerprint density at radius 3 is 3.00 bits per heavy atom. The van der Waals surface area contributed by atoms with E-state index in [9.17, 15) is 4.79 Å². The molecule has 1 rings (SSSR count). The SMILES string of the molecule is CCOCc1cc(C(=O)O)ncn1. The van der Waals surface area contributed by atoms with E-state index in [4.69, 9.17) is 9.84 Å². The largest absolute Gasteiger partial charge is 0.477 e. The molecule has 0 aromatic carbocycles. The molecular formula is C8H10N2O3. The second kappa shape index (κ2) is 4.51. The van der Waals surface area contributed by atoms with Crippen LogP contribution in [0.3, 0.4) is 0 Å². The molecule has 0 saturated carbocycles. The van der Waals surface area contributed by atoms with Crippen LogP contribution in [0, 0.1) is 0 Å². The van der Waals surface area contributed by atoms with Gasteiger partial charge < -0.3 is 9.84 Å². The molecule has 0 fully saturated rings. The Kier molecular flexibility index (Phi) is 3.33. The molecule has 13 heavy (non-hydrogen) atoms. The first-order chi connectivity index (χ1) is 6.24. The molecule has 0 atom stereocenters. The molecule has 5 heteroatoms. The molecule has 1 aromatic rings. The number of aromatic nitrogens is 2. The molecule has 1 heterocycles. The Morgan fingerprint density at radius 2 is 2.38 bits per heavy atom. The Balaban J connectivity index is 2.73. The zero-order valence-corrected chi connectivity index (χ0v) is 7.23. The summed E-state index contributed by atoms with van der Waals surface area (Å²) in [4.78, 5) is 17.9. The van der Waals surface area contributed by atoms with Gasteiger partial charge in [0.1, 0.15) is 6.33 Å². The number of rotatable bonds is 4. The van der Waals surface area contributed by atoms with E-state index in [1.807, 2.05) is 6.92 Å². The fourth-order valence-electron chi connectivity index (χ4n) is 0.800. The zero-order chi connectivity index (χ0) is 9.68. The van der Waals surface area contributed by atoms with Crippen molar-refractivity contribution in [3.63, 3.8) is 0 Å². The van der Waals surface area contributed by atoms with Crippen LogP contribution in [0.2, 0.25) is 0 Å². The maximum Gasteiger partial charge on any atom is 0.354 e. The zero-order valence-electron chi connectivity index (χ0n) is 7.23. The first-order valence-electron chi connectivity index (χ1n) is 3.86. The van der Waals surface area contributed by atoms with Gasteiger partial charge in [0.15, 0.2) is 5.69 Å². The van der Waals surface area contributed by atoms with Gasteiger partial charge in [-0.15, -0.1) is 0 Å². The van der Waals surface area contributed by atoms with Crippen LogP contribution >= 0.6 is 0 Å². The van der Waals surface area contributed by atoms with Crippen molar-refractivity contribution in [3.8, 4) is 0 Å². The number of hydrogen-bond donors (Lipinski definition) is 1. The normalized spacial score (nSPS) is 9.92. The maximum absolute atomic E-state index is 10.5. The fraction of sp³-hybridized carbons (Fsp3) is 0.375. The quantitative estimate of drug-likeness (QED) is 0.742. The minimum atomic E-state index is -1.06. The van der Waals surface area contributed by atoms with Crippen LogP contribution in [0.1, 0.15) is 23.1 Å². The van der Waals surface area contributed by atoms with Crippen LogP contribution in [0.15, 0.2) is 12.4 Å². The minimum absolute atomic E-state index is 0.00953. The topological polar surface area (TPSA) is 72.3 Å². The molecular weight excluding hydrogens is 172 g/mol. The van der Waals surface area contributed by atoms with Gasteiger partial charge in [-0.05, 0) is 13.0 Å². The monoisotopic (exact) mass is 182 g/mol. The molecule has 0 amide bonds. The summed E-state index contributed by atoms with van der Waals surface area (Å²) in [5, 5.41) is 8.60. The molecule has 1 N–H and O–H groups in total. The fourth-order valence-corrected chi connectivity index (χ4v) is 0.800. The van der Waals surface area contributed by atoms with Crippen molar-refractivity contribution in [2.24, 2.45) is 0 Å². The van der Waals surface area contributed by atoms with Crippen molar-refractivity contribution in [2.45, 2.75) is 13.5 Å². The molecule has 0 unspecified atom stereocenters. The summed E-state index contributed by atoms with van der Waals surface area (Å²) in [6, 6.07) is 1.40. The van der Waals surface area contributed by atoms with Gasteiger partial charge in [-0.1, -0.05) is 0 Å². The Morgan fingerprint density at radius 1 is 1.62 bits per heavy atom. The summed E-state index contributed by atoms with van der Waals surface area (Å²) < 4.78 is 5.07. The predicted octanol–water partition coefficient (Wildman–Crippen LogP) is 0.711. The molecule has 0 radical (unpaired) electrons. The summed E-state index contributed by atoms with van der Waals surface area (Å²) in [5.41, 5.74) is 0.568. The number of carboxylic acids is 1. The highest BCUT2D eigenvalue weighted by Gasteiger charge is 2.05. The van der Waals surface area contributed by atoms with Gasteiger partial charge in [0.25, 0.3) is 0 Å². The summed E-state index contributed by atoms with van der Waals surface area (Å²) in [6.45, 7) is 2.75. The highest BCUT2D eigenvalue weighted by molar-refractivity contribution is 5.85. The highest BCUT2D eigenvalue weighted by atomic mass is 16.5. The van der Waals surface area contributed by atoms with Crippen LogP contribution in [0.5, 0.6) is 0 Å². The molecule has 0 saturated heterocycles. The molecule has 5 nitrogen and oxygen atoms in total. The first-order valence-corrected chi connectivity index (χ1v) is 3.86. The third-order valence-electron chi connectivity index (χ3n) is 1.40. The second-order valence-electron chi connectivity index (χ2n) is 2.34. The lowest BCUT2D eigenvalue weighted by Crippen LogP contribution is -2.04. The Hall–Kier alpha value is -1.49. The number of carboxylic acid groups (broad SMARTS) is 1. The van der Waals surface area contributed by atoms with Crippen molar-refractivity contribution in [3.05, 3.63) is 23.8 Å². The molecule has 1 aromatic heterocycles. The average molecular weight is 182 g/mol. The van der Waals surface area contributed by atoms with Crippen LogP contribution in [0.4, 0.5) is 0 Å². The molecule has 0 bridgehead atoms. The number of ether oxygens (including phenoxy) is 1. The van der Waals surface area contributed by atoms with Gasteiger partial charge in [0.05, 0.1) is 12.3 Å². The van der Waals surface area contributed by atoms with Crippen LogP contribution in [-0.4, -0.2) is 27.7 Å². The highest BCUT2D eigenvalue weighted by Crippen LogP contribution is 1.99. The smallest absolute Gasteiger partial charge is 0.354 e. The van der Waals surface area contributed by atoms with Gasteiger partial charge in [0.2, 0.25) is 0 Å². The van der Waals surface area contributed by atoms with Crippen molar-refractivity contribution in [1.29, 1.82) is 0 Å². The van der Waals surface area contributed by atoms with Crippen LogP contribution in [-0.2, 0) is 11.3 Å². The van der Waals surface area contributed by atoms with E-state index in [1.54, 1.807) is 0 Å². The standard InChI is InChI=1S/C8H10N2O3/c1-2-13-4-6-3-7(8(11)12)10-5-9-6/h3,5H,2,4H2,1H3,(H,11,12). The first kappa shape index (κ1) is 9.60. The lowest BCUT2D eigenvalue weighted by molar-refractivity contribution is 0.0689. The predicted molar refractivity (Wildman–Crippen MR) is 44.3 cm³/mol. The summed E-state index contributed by atoms with van der Waals surface area (Å²) in [7, 11) is 0. The minimum Gasteiger partial charge on any atom is -0.477 e. The maximum atomic E-state index is 10.5. The molecule has 0 aliphatic rings. The third-order valence-corrected chi connectivity index (χ3v) is 1.40. The lowest BCUT2D eigenvalue weighted by Gasteiger charge is -2.00. The molecule has 0 spiro atoms. The van der Waals surface area contributed by atoms with Gasteiger partial charge >= 0.3 is 5.97 Å². The van der Waals surface area contributed by atoms with E-state index >= 15 is 0 Å². The number of aromatic carboxylic acids is 1. The van der Waals surface area contributed by atoms with E-state index in [0.29, 0.717) is 18.9 Å². The Labute approximate surface area is 75.4 Å². The van der Waals surface area contributed by atoms with Gasteiger partial charge in [-0.2, -0.15) is 0 Å². The van der Waals surface area contributed by atoms with Crippen molar-refractivity contribution >= 4 is 5.97 Å². The number of carbonyl (C=O) groups is 1. The van der Waals surface area contributed by atoms with Crippen LogP contribution < -0.4 is 0 Å². The van der Waals surface area contributed by atoms with E-state index < -0.39 is 5.97 Å². The number of nitrogens with zero attached hydrogens (tertiary/aromatic N) is 2.